The Bertz CT molecular complexity index is 447. The van der Waals surface area contributed by atoms with Crippen LogP contribution < -0.4 is 5.73 Å². The van der Waals surface area contributed by atoms with Crippen LogP contribution in [0.3, 0.4) is 0 Å². The van der Waals surface area contributed by atoms with Crippen molar-refractivity contribution in [2.24, 2.45) is 11.7 Å². The van der Waals surface area contributed by atoms with Gasteiger partial charge in [0.05, 0.1) is 6.42 Å². The number of carbonyl (C=O) groups excluding carboxylic acids is 1. The monoisotopic (exact) mass is 288 g/mol. The Kier molecular flexibility index (Phi) is 5.80. The van der Waals surface area contributed by atoms with Crippen molar-refractivity contribution in [3.05, 3.63) is 35.4 Å². The molecule has 1 fully saturated rings. The molecule has 0 spiro atoms. The van der Waals surface area contributed by atoms with Gasteiger partial charge in [-0.25, -0.2) is 0 Å². The highest BCUT2D eigenvalue weighted by molar-refractivity contribution is 5.79. The van der Waals surface area contributed by atoms with E-state index in [9.17, 15) is 4.79 Å². The van der Waals surface area contributed by atoms with Crippen molar-refractivity contribution in [1.29, 1.82) is 0 Å². The molecule has 3 nitrogen and oxygen atoms in total. The molecular formula is C18H28N2O. The van der Waals surface area contributed by atoms with Gasteiger partial charge < -0.3 is 10.6 Å². The predicted octanol–water partition coefficient (Wildman–Crippen LogP) is 3.12. The summed E-state index contributed by atoms with van der Waals surface area (Å²) >= 11 is 0. The molecule has 1 aliphatic carbocycles. The average molecular weight is 288 g/mol. The molecule has 0 saturated heterocycles. The fourth-order valence-electron chi connectivity index (χ4n) is 3.13. The normalized spacial score (nSPS) is 15.6. The minimum absolute atomic E-state index is 0.274. The third-order valence-corrected chi connectivity index (χ3v) is 4.26. The molecule has 1 aromatic carbocycles. The second kappa shape index (κ2) is 7.60. The molecular weight excluding hydrogens is 260 g/mol. The zero-order chi connectivity index (χ0) is 15.2. The van der Waals surface area contributed by atoms with Gasteiger partial charge in [-0.1, -0.05) is 51.0 Å². The maximum Gasteiger partial charge on any atom is 0.227 e. The number of nitrogens with zero attached hydrogens (tertiary/aromatic N) is 1. The van der Waals surface area contributed by atoms with E-state index >= 15 is 0 Å². The van der Waals surface area contributed by atoms with E-state index in [-0.39, 0.29) is 5.91 Å². The van der Waals surface area contributed by atoms with Crippen LogP contribution in [0.4, 0.5) is 0 Å². The molecule has 0 aromatic heterocycles. The van der Waals surface area contributed by atoms with Crippen molar-refractivity contribution in [3.63, 3.8) is 0 Å². The van der Waals surface area contributed by atoms with E-state index in [0.717, 1.165) is 17.7 Å². The molecule has 116 valence electrons. The van der Waals surface area contributed by atoms with Gasteiger partial charge in [-0.05, 0) is 29.9 Å². The van der Waals surface area contributed by atoms with Crippen LogP contribution in [0.15, 0.2) is 24.3 Å². The van der Waals surface area contributed by atoms with Crippen LogP contribution in [0.1, 0.15) is 50.7 Å². The minimum Gasteiger partial charge on any atom is -0.339 e. The summed E-state index contributed by atoms with van der Waals surface area (Å²) in [7, 11) is 0. The molecule has 1 amide bonds. The van der Waals surface area contributed by atoms with Crippen molar-refractivity contribution in [2.45, 2.75) is 58.5 Å². The fourth-order valence-corrected chi connectivity index (χ4v) is 3.13. The maximum absolute atomic E-state index is 12.7. The topological polar surface area (TPSA) is 46.3 Å². The van der Waals surface area contributed by atoms with E-state index in [2.05, 4.69) is 18.7 Å². The second-order valence-corrected chi connectivity index (χ2v) is 6.58. The predicted molar refractivity (Wildman–Crippen MR) is 86.8 cm³/mol. The largest absolute Gasteiger partial charge is 0.339 e. The van der Waals surface area contributed by atoms with Gasteiger partial charge in [-0.15, -0.1) is 0 Å². The first kappa shape index (κ1) is 16.0. The highest BCUT2D eigenvalue weighted by atomic mass is 16.2. The Morgan fingerprint density at radius 2 is 1.76 bits per heavy atom. The lowest BCUT2D eigenvalue weighted by Gasteiger charge is -2.31. The summed E-state index contributed by atoms with van der Waals surface area (Å²) < 4.78 is 0. The van der Waals surface area contributed by atoms with Crippen molar-refractivity contribution >= 4 is 5.91 Å². The molecule has 1 aliphatic rings. The molecule has 0 radical (unpaired) electrons. The SMILES string of the molecule is CC(C)CN(C(=O)Cc1ccc(CN)cc1)C1CCCC1. The number of amides is 1. The molecule has 0 bridgehead atoms. The van der Waals surface area contributed by atoms with Gasteiger partial charge in [0, 0.05) is 19.1 Å². The smallest absolute Gasteiger partial charge is 0.227 e. The molecule has 0 aliphatic heterocycles. The van der Waals surface area contributed by atoms with Crippen molar-refractivity contribution < 1.29 is 4.79 Å². The lowest BCUT2D eigenvalue weighted by atomic mass is 10.1. The molecule has 2 N–H and O–H groups in total. The number of rotatable bonds is 6. The van der Waals surface area contributed by atoms with E-state index in [1.807, 2.05) is 24.3 Å². The average Bonchev–Trinajstić information content (AvgIpc) is 2.99. The van der Waals surface area contributed by atoms with E-state index in [1.54, 1.807) is 0 Å². The number of hydrogen-bond acceptors (Lipinski definition) is 2. The molecule has 0 atom stereocenters. The van der Waals surface area contributed by atoms with E-state index in [4.69, 9.17) is 5.73 Å². The molecule has 2 rings (SSSR count). The lowest BCUT2D eigenvalue weighted by molar-refractivity contribution is -0.133. The number of carbonyl (C=O) groups is 1. The van der Waals surface area contributed by atoms with Crippen molar-refractivity contribution in [1.82, 2.24) is 4.90 Å². The summed E-state index contributed by atoms with van der Waals surface area (Å²) in [6.07, 6.45) is 5.37. The van der Waals surface area contributed by atoms with Gasteiger partial charge in [-0.2, -0.15) is 0 Å². The maximum atomic E-state index is 12.7. The van der Waals surface area contributed by atoms with Crippen LogP contribution in [0.2, 0.25) is 0 Å². The number of nitrogens with two attached hydrogens (primary N) is 1. The van der Waals surface area contributed by atoms with Crippen LogP contribution in [0.25, 0.3) is 0 Å². The van der Waals surface area contributed by atoms with Gasteiger partial charge in [0.2, 0.25) is 5.91 Å². The van der Waals surface area contributed by atoms with Gasteiger partial charge in [0.25, 0.3) is 0 Å². The van der Waals surface area contributed by atoms with Gasteiger partial charge in [-0.3, -0.25) is 4.79 Å². The summed E-state index contributed by atoms with van der Waals surface area (Å²) in [6.45, 7) is 5.80. The second-order valence-electron chi connectivity index (χ2n) is 6.58. The van der Waals surface area contributed by atoms with Crippen LogP contribution >= 0.6 is 0 Å². The Morgan fingerprint density at radius 1 is 1.19 bits per heavy atom. The van der Waals surface area contributed by atoms with E-state index < -0.39 is 0 Å². The van der Waals surface area contributed by atoms with Gasteiger partial charge >= 0.3 is 0 Å². The molecule has 0 unspecified atom stereocenters. The Morgan fingerprint density at radius 3 is 2.29 bits per heavy atom. The van der Waals surface area contributed by atoms with Crippen LogP contribution in [0, 0.1) is 5.92 Å². The van der Waals surface area contributed by atoms with E-state index in [1.165, 1.54) is 25.7 Å². The third kappa shape index (κ3) is 4.57. The van der Waals surface area contributed by atoms with Crippen molar-refractivity contribution in [2.75, 3.05) is 6.54 Å². The molecule has 21 heavy (non-hydrogen) atoms. The summed E-state index contributed by atoms with van der Waals surface area (Å²) in [5.74, 6) is 0.797. The van der Waals surface area contributed by atoms with Crippen molar-refractivity contribution in [3.8, 4) is 0 Å². The summed E-state index contributed by atoms with van der Waals surface area (Å²) in [4.78, 5) is 14.8. The number of hydrogen-bond donors (Lipinski definition) is 1. The highest BCUT2D eigenvalue weighted by Crippen LogP contribution is 2.25. The van der Waals surface area contributed by atoms with E-state index in [0.29, 0.717) is 24.9 Å². The fraction of sp³-hybridized carbons (Fsp3) is 0.611. The standard InChI is InChI=1S/C18H28N2O/c1-14(2)13-20(17-5-3-4-6-17)18(21)11-15-7-9-16(12-19)10-8-15/h7-10,14,17H,3-6,11-13,19H2,1-2H3. The van der Waals surface area contributed by atoms with Gasteiger partial charge in [0.1, 0.15) is 0 Å². The third-order valence-electron chi connectivity index (χ3n) is 4.26. The Hall–Kier alpha value is -1.35. The molecule has 0 heterocycles. The minimum atomic E-state index is 0.274. The molecule has 1 aromatic rings. The number of benzene rings is 1. The zero-order valence-electron chi connectivity index (χ0n) is 13.3. The van der Waals surface area contributed by atoms with Crippen LogP contribution in [0.5, 0.6) is 0 Å². The Labute approximate surface area is 128 Å². The first-order valence-electron chi connectivity index (χ1n) is 8.17. The lowest BCUT2D eigenvalue weighted by Crippen LogP contribution is -2.42. The van der Waals surface area contributed by atoms with Crippen LogP contribution in [-0.4, -0.2) is 23.4 Å². The highest BCUT2D eigenvalue weighted by Gasteiger charge is 2.26. The molecule has 1 saturated carbocycles. The summed E-state index contributed by atoms with van der Waals surface area (Å²) in [6, 6.07) is 8.56. The van der Waals surface area contributed by atoms with Gasteiger partial charge in [0.15, 0.2) is 0 Å². The first-order chi connectivity index (χ1) is 10.1. The zero-order valence-corrected chi connectivity index (χ0v) is 13.3. The molecule has 3 heteroatoms. The first-order valence-corrected chi connectivity index (χ1v) is 8.17. The Balaban J connectivity index is 2.02. The quantitative estimate of drug-likeness (QED) is 0.874. The summed E-state index contributed by atoms with van der Waals surface area (Å²) in [5.41, 5.74) is 7.81. The summed E-state index contributed by atoms with van der Waals surface area (Å²) in [5, 5.41) is 0. The van der Waals surface area contributed by atoms with Crippen LogP contribution in [-0.2, 0) is 17.8 Å².